The van der Waals surface area contributed by atoms with Crippen molar-refractivity contribution in [3.8, 4) is 0 Å². The summed E-state index contributed by atoms with van der Waals surface area (Å²) in [5.74, 6) is -0.0867. The van der Waals surface area contributed by atoms with Crippen LogP contribution in [0.2, 0.25) is 0 Å². The van der Waals surface area contributed by atoms with Crippen LogP contribution < -0.4 is 5.32 Å². The predicted molar refractivity (Wildman–Crippen MR) is 64.1 cm³/mol. The molecule has 0 radical (unpaired) electrons. The summed E-state index contributed by atoms with van der Waals surface area (Å²) in [6.07, 6.45) is -0.614. The normalized spacial score (nSPS) is 27.4. The molecule has 18 heavy (non-hydrogen) atoms. The minimum atomic E-state index is -0.483. The quantitative estimate of drug-likeness (QED) is 0.731. The van der Waals surface area contributed by atoms with Crippen molar-refractivity contribution in [3.63, 3.8) is 0 Å². The average molecular weight is 256 g/mol. The Hall–Kier alpha value is -1.30. The van der Waals surface area contributed by atoms with Crippen molar-refractivity contribution in [3.05, 3.63) is 0 Å². The number of hydrogen-bond acceptors (Lipinski definition) is 4. The van der Waals surface area contributed by atoms with Crippen molar-refractivity contribution in [2.24, 2.45) is 0 Å². The van der Waals surface area contributed by atoms with Gasteiger partial charge in [0.25, 0.3) is 5.91 Å². The van der Waals surface area contributed by atoms with Crippen LogP contribution in [-0.2, 0) is 14.3 Å². The number of rotatable bonds is 2. The second-order valence-corrected chi connectivity index (χ2v) is 5.85. The van der Waals surface area contributed by atoms with E-state index in [0.29, 0.717) is 13.1 Å². The van der Waals surface area contributed by atoms with Crippen molar-refractivity contribution >= 4 is 12.0 Å². The summed E-state index contributed by atoms with van der Waals surface area (Å²) in [4.78, 5) is 24.8. The van der Waals surface area contributed by atoms with Crippen molar-refractivity contribution in [1.29, 1.82) is 0 Å². The fourth-order valence-electron chi connectivity index (χ4n) is 1.79. The highest BCUT2D eigenvalue weighted by atomic mass is 16.6. The highest BCUT2D eigenvalue weighted by molar-refractivity contribution is 5.84. The fourth-order valence-corrected chi connectivity index (χ4v) is 1.79. The lowest BCUT2D eigenvalue weighted by Gasteiger charge is -2.39. The molecule has 0 spiro atoms. The van der Waals surface area contributed by atoms with Gasteiger partial charge in [0.05, 0.1) is 12.1 Å². The Kier molecular flexibility index (Phi) is 3.23. The summed E-state index contributed by atoms with van der Waals surface area (Å²) in [6.45, 7) is 8.35. The highest BCUT2D eigenvalue weighted by Gasteiger charge is 2.43. The third kappa shape index (κ3) is 3.13. The van der Waals surface area contributed by atoms with E-state index in [1.165, 1.54) is 0 Å². The van der Waals surface area contributed by atoms with Crippen LogP contribution in [-0.4, -0.2) is 53.8 Å². The third-order valence-electron chi connectivity index (χ3n) is 2.85. The molecule has 0 aromatic rings. The largest absolute Gasteiger partial charge is 0.444 e. The van der Waals surface area contributed by atoms with E-state index in [9.17, 15) is 9.59 Å². The lowest BCUT2D eigenvalue weighted by Crippen LogP contribution is -2.62. The van der Waals surface area contributed by atoms with E-state index in [2.05, 4.69) is 5.32 Å². The smallest absolute Gasteiger partial charge is 0.410 e. The van der Waals surface area contributed by atoms with Crippen molar-refractivity contribution < 1.29 is 19.1 Å². The van der Waals surface area contributed by atoms with E-state index in [1.54, 1.807) is 4.90 Å². The molecule has 0 aliphatic carbocycles. The number of nitrogens with zero attached hydrogens (tertiary/aromatic N) is 1. The Morgan fingerprint density at radius 1 is 1.33 bits per heavy atom. The number of hydrogen-bond donors (Lipinski definition) is 1. The van der Waals surface area contributed by atoms with Crippen LogP contribution >= 0.6 is 0 Å². The number of ether oxygens (including phenoxy) is 2. The first kappa shape index (κ1) is 13.1. The molecule has 2 amide bonds. The number of nitrogens with one attached hydrogen (secondary N) is 1. The van der Waals surface area contributed by atoms with E-state index in [1.807, 2.05) is 27.7 Å². The lowest BCUT2D eigenvalue weighted by atomic mass is 10.1. The van der Waals surface area contributed by atoms with Gasteiger partial charge in [0.15, 0.2) is 6.10 Å². The van der Waals surface area contributed by atoms with Gasteiger partial charge >= 0.3 is 6.09 Å². The maximum absolute atomic E-state index is 11.6. The summed E-state index contributed by atoms with van der Waals surface area (Å²) in [5, 5.41) is 2.84. The molecule has 2 heterocycles. The van der Waals surface area contributed by atoms with Gasteiger partial charge in [0, 0.05) is 13.1 Å². The van der Waals surface area contributed by atoms with Gasteiger partial charge < -0.3 is 19.7 Å². The zero-order chi connectivity index (χ0) is 13.5. The van der Waals surface area contributed by atoms with Crippen molar-refractivity contribution in [2.45, 2.75) is 51.5 Å². The molecule has 6 nitrogen and oxygen atoms in total. The summed E-state index contributed by atoms with van der Waals surface area (Å²) in [7, 11) is 0. The zero-order valence-electron chi connectivity index (χ0n) is 11.2. The fraction of sp³-hybridized carbons (Fsp3) is 0.833. The van der Waals surface area contributed by atoms with Gasteiger partial charge in [-0.05, 0) is 27.7 Å². The minimum Gasteiger partial charge on any atom is -0.444 e. The molecule has 0 bridgehead atoms. The second kappa shape index (κ2) is 4.42. The predicted octanol–water partition coefficient (Wildman–Crippen LogP) is 0.509. The van der Waals surface area contributed by atoms with Crippen molar-refractivity contribution in [2.75, 3.05) is 13.1 Å². The van der Waals surface area contributed by atoms with Crippen LogP contribution in [0.3, 0.4) is 0 Å². The van der Waals surface area contributed by atoms with Gasteiger partial charge in [-0.25, -0.2) is 4.79 Å². The van der Waals surface area contributed by atoms with Crippen LogP contribution in [0.5, 0.6) is 0 Å². The van der Waals surface area contributed by atoms with Gasteiger partial charge in [-0.15, -0.1) is 0 Å². The van der Waals surface area contributed by atoms with E-state index in [0.717, 1.165) is 0 Å². The molecular weight excluding hydrogens is 236 g/mol. The number of epoxide rings is 1. The molecule has 2 saturated heterocycles. The van der Waals surface area contributed by atoms with Gasteiger partial charge in [-0.1, -0.05) is 0 Å². The molecule has 1 N–H and O–H groups in total. The summed E-state index contributed by atoms with van der Waals surface area (Å²) in [5.41, 5.74) is -0.483. The lowest BCUT2D eigenvalue weighted by molar-refractivity contribution is -0.124. The van der Waals surface area contributed by atoms with Gasteiger partial charge in [0.2, 0.25) is 0 Å². The molecule has 102 valence electrons. The van der Waals surface area contributed by atoms with Gasteiger partial charge in [-0.3, -0.25) is 4.79 Å². The Labute approximate surface area is 107 Å². The molecular formula is C12H20N2O4. The maximum Gasteiger partial charge on any atom is 0.410 e. The molecule has 0 aromatic carbocycles. The van der Waals surface area contributed by atoms with Crippen LogP contribution in [0.1, 0.15) is 27.7 Å². The van der Waals surface area contributed by atoms with E-state index < -0.39 is 5.60 Å². The Morgan fingerprint density at radius 3 is 2.33 bits per heavy atom. The maximum atomic E-state index is 11.6. The summed E-state index contributed by atoms with van der Waals surface area (Å²) in [6, 6.07) is 0.0152. The molecule has 2 fully saturated rings. The monoisotopic (exact) mass is 256 g/mol. The SMILES string of the molecule is C[C@@H]1O[C@H]1C(=O)NC1CN(C(=O)OC(C)(C)C)C1. The number of carbonyl (C=O) groups excluding carboxylic acids is 2. The Morgan fingerprint density at radius 2 is 1.89 bits per heavy atom. The van der Waals surface area contributed by atoms with Crippen LogP contribution in [0.4, 0.5) is 4.79 Å². The second-order valence-electron chi connectivity index (χ2n) is 5.85. The first-order valence-electron chi connectivity index (χ1n) is 6.20. The molecule has 2 aliphatic heterocycles. The Balaban J connectivity index is 1.67. The first-order chi connectivity index (χ1) is 8.26. The summed E-state index contributed by atoms with van der Waals surface area (Å²) >= 11 is 0. The molecule has 2 rings (SSSR count). The first-order valence-corrected chi connectivity index (χ1v) is 6.20. The number of amides is 2. The molecule has 2 aliphatic rings. The highest BCUT2D eigenvalue weighted by Crippen LogP contribution is 2.22. The minimum absolute atomic E-state index is 0.0152. The van der Waals surface area contributed by atoms with Crippen LogP contribution in [0, 0.1) is 0 Å². The van der Waals surface area contributed by atoms with E-state index in [4.69, 9.17) is 9.47 Å². The molecule has 0 unspecified atom stereocenters. The molecule has 0 saturated carbocycles. The molecule has 0 aromatic heterocycles. The Bertz CT molecular complexity index is 358. The molecule has 6 heteroatoms. The zero-order valence-corrected chi connectivity index (χ0v) is 11.2. The van der Waals surface area contributed by atoms with Crippen molar-refractivity contribution in [1.82, 2.24) is 10.2 Å². The molecule has 2 atom stereocenters. The summed E-state index contributed by atoms with van der Waals surface area (Å²) < 4.78 is 10.3. The van der Waals surface area contributed by atoms with Gasteiger partial charge in [0.1, 0.15) is 5.60 Å². The average Bonchev–Trinajstić information content (AvgIpc) is 2.84. The van der Waals surface area contributed by atoms with E-state index >= 15 is 0 Å². The standard InChI is InChI=1S/C12H20N2O4/c1-7-9(17-7)10(15)13-8-5-14(6-8)11(16)18-12(2,3)4/h7-9H,5-6H2,1-4H3,(H,13,15)/t7-,9+/m0/s1. The third-order valence-corrected chi connectivity index (χ3v) is 2.85. The van der Waals surface area contributed by atoms with Crippen LogP contribution in [0.15, 0.2) is 0 Å². The van der Waals surface area contributed by atoms with Gasteiger partial charge in [-0.2, -0.15) is 0 Å². The number of carbonyl (C=O) groups is 2. The number of likely N-dealkylation sites (tertiary alicyclic amines) is 1. The van der Waals surface area contributed by atoms with Crippen LogP contribution in [0.25, 0.3) is 0 Å². The van der Waals surface area contributed by atoms with E-state index in [-0.39, 0.29) is 30.3 Å². The topological polar surface area (TPSA) is 71.2 Å².